The van der Waals surface area contributed by atoms with Gasteiger partial charge in [-0.25, -0.2) is 0 Å². The van der Waals surface area contributed by atoms with E-state index < -0.39 is 0 Å². The van der Waals surface area contributed by atoms with Gasteiger partial charge >= 0.3 is 0 Å². The fourth-order valence-corrected chi connectivity index (χ4v) is 15.4. The molecule has 0 fully saturated rings. The van der Waals surface area contributed by atoms with Gasteiger partial charge in [0.05, 0.1) is 22.2 Å². The van der Waals surface area contributed by atoms with E-state index in [1.54, 1.807) is 11.8 Å². The van der Waals surface area contributed by atoms with E-state index in [1.807, 2.05) is 0 Å². The van der Waals surface area contributed by atoms with Gasteiger partial charge < -0.3 is 9.47 Å². The van der Waals surface area contributed by atoms with Crippen molar-refractivity contribution >= 4 is 73.7 Å². The Labute approximate surface area is 549 Å². The lowest BCUT2D eigenvalue weighted by molar-refractivity contribution is 0.591. The zero-order chi connectivity index (χ0) is 64.9. The van der Waals surface area contributed by atoms with Gasteiger partial charge in [-0.1, -0.05) is 287 Å². The Morgan fingerprint density at radius 1 is 0.337 bits per heavy atom. The lowest BCUT2D eigenvalue weighted by Crippen LogP contribution is -2.60. The van der Waals surface area contributed by atoms with Gasteiger partial charge in [-0.15, -0.1) is 0 Å². The second kappa shape index (κ2) is 22.5. The second-order valence-electron chi connectivity index (χ2n) is 25.3. The maximum absolute atomic E-state index is 9.93. The highest BCUT2D eigenvalue weighted by Gasteiger charge is 2.43. The number of para-hydroxylation sites is 2. The minimum atomic E-state index is -0.270. The summed E-state index contributed by atoms with van der Waals surface area (Å²) in [6.07, 6.45) is 0. The third-order valence-corrected chi connectivity index (χ3v) is 19.8. The molecule has 0 atom stereocenters. The molecule has 4 heteroatoms. The van der Waals surface area contributed by atoms with Crippen LogP contribution in [0.1, 0.15) is 31.8 Å². The summed E-state index contributed by atoms with van der Waals surface area (Å²) in [4.78, 5) is 4.74. The number of fused-ring (bicyclic) bond motifs is 7. The molecule has 0 aliphatic carbocycles. The van der Waals surface area contributed by atoms with E-state index >= 15 is 0 Å². The van der Waals surface area contributed by atoms with Gasteiger partial charge in [0.2, 0.25) is 6.71 Å². The molecular weight excluding hydrogens is 1130 g/mol. The predicted octanol–water partition coefficient (Wildman–Crippen LogP) is 22.2. The Bertz CT molecular complexity index is 5410. The number of anilines is 3. The molecule has 15 aromatic rings. The van der Waals surface area contributed by atoms with Crippen LogP contribution in [0.4, 0.5) is 17.1 Å². The Balaban J connectivity index is 0.987. The molecule has 0 saturated carbocycles. The summed E-state index contributed by atoms with van der Waals surface area (Å²) in [6, 6.07) is 110. The maximum Gasteiger partial charge on any atom is 0.249 e. The molecule has 0 N–H and O–H groups in total. The predicted molar refractivity (Wildman–Crippen MR) is 393 cm³/mol. The second-order valence-corrected chi connectivity index (χ2v) is 26.4. The molecule has 0 unspecified atom stereocenters. The zero-order valence-corrected chi connectivity index (χ0v) is 52.1. The molecule has 0 saturated heterocycles. The van der Waals surface area contributed by atoms with E-state index in [2.05, 4.69) is 334 Å². The Hall–Kier alpha value is -10.9. The molecule has 17 rings (SSSR count). The van der Waals surface area contributed by atoms with Gasteiger partial charge in [-0.3, -0.25) is 0 Å². The summed E-state index contributed by atoms with van der Waals surface area (Å²) >= 11 is 1.78. The van der Waals surface area contributed by atoms with Gasteiger partial charge in [-0.2, -0.15) is 0 Å². The van der Waals surface area contributed by atoms with Crippen LogP contribution < -0.4 is 21.3 Å². The molecule has 0 radical (unpaired) electrons. The highest BCUT2D eigenvalue weighted by molar-refractivity contribution is 8.00. The molecule has 2 aliphatic heterocycles. The molecule has 0 bridgehead atoms. The van der Waals surface area contributed by atoms with Gasteiger partial charge in [0.15, 0.2) is 0 Å². The van der Waals surface area contributed by atoms with Crippen molar-refractivity contribution in [3.8, 4) is 94.7 Å². The average molecular weight is 1200 g/mol. The molecule has 0 amide bonds. The standard InChI is InChI=1S/C88H63BN2S/c1-88(2,3)72-43-46-81-77(55-72)76-37-22-23-40-80(76)90(81)73-56-83-86-85(57-73)92-84-54-65(71-51-68(60-29-14-6-15-30-60)48-69(52-71)61-31-16-7-17-32-61)42-45-79(84)89(86)78-44-41-64(70-49-66(58-25-10-4-11-26-58)47-67(50-70)59-27-12-5-13-28-59)53-82(78)91(83)87-74(62-33-18-8-19-34-62)38-24-39-75(87)63-35-20-9-21-36-63/h4-57H,1-3H3/i22D,23D,37D,40D. The highest BCUT2D eigenvalue weighted by atomic mass is 32.2. The van der Waals surface area contributed by atoms with Crippen molar-refractivity contribution in [3.05, 3.63) is 333 Å². The van der Waals surface area contributed by atoms with Crippen LogP contribution >= 0.6 is 11.8 Å². The summed E-state index contributed by atoms with van der Waals surface area (Å²) in [6.45, 7) is 6.32. The monoisotopic (exact) mass is 1190 g/mol. The Morgan fingerprint density at radius 3 is 1.29 bits per heavy atom. The molecule has 0 spiro atoms. The van der Waals surface area contributed by atoms with Crippen LogP contribution in [-0.4, -0.2) is 11.3 Å². The van der Waals surface area contributed by atoms with Crippen molar-refractivity contribution in [2.75, 3.05) is 4.90 Å². The molecule has 3 heterocycles. The first-order chi connectivity index (χ1) is 46.9. The van der Waals surface area contributed by atoms with Crippen molar-refractivity contribution < 1.29 is 5.48 Å². The fraction of sp³-hybridized carbons (Fsp3) is 0.0455. The largest absolute Gasteiger partial charge is 0.310 e. The summed E-state index contributed by atoms with van der Waals surface area (Å²) in [5, 5.41) is 1.28. The SMILES string of the molecule is [2H]c1c([2H])c([2H])c2c(c1[2H])c1cc(C(C)(C)C)ccc1n2-c1cc2c3c(c1)N(c1c(-c4ccccc4)cccc1-c1ccccc1)c1cc(-c4cc(-c5ccccc5)cc(-c5ccccc5)c4)ccc1B3c1ccc(-c3cc(-c4ccccc4)cc(-c4ccccc4)c3)cc1S2. The van der Waals surface area contributed by atoms with Crippen LogP contribution in [-0.2, 0) is 5.41 Å². The van der Waals surface area contributed by atoms with Gasteiger partial charge in [0, 0.05) is 48.8 Å². The smallest absolute Gasteiger partial charge is 0.249 e. The quantitative estimate of drug-likeness (QED) is 0.126. The Morgan fingerprint density at radius 2 is 0.793 bits per heavy atom. The Kier molecular flexibility index (Phi) is 12.5. The summed E-state index contributed by atoms with van der Waals surface area (Å²) < 4.78 is 40.3. The highest BCUT2D eigenvalue weighted by Crippen LogP contribution is 2.51. The first kappa shape index (κ1) is 50.9. The fourth-order valence-electron chi connectivity index (χ4n) is 14.2. The third kappa shape index (κ3) is 9.69. The van der Waals surface area contributed by atoms with Gasteiger partial charge in [-0.05, 0) is 179 Å². The van der Waals surface area contributed by atoms with Crippen LogP contribution in [0, 0.1) is 0 Å². The van der Waals surface area contributed by atoms with E-state index in [0.717, 1.165) is 143 Å². The lowest BCUT2D eigenvalue weighted by atomic mass is 9.34. The van der Waals surface area contributed by atoms with Crippen molar-refractivity contribution in [2.45, 2.75) is 36.0 Å². The number of benzene rings is 14. The number of hydrogen-bond donors (Lipinski definition) is 0. The van der Waals surface area contributed by atoms with E-state index in [1.165, 1.54) is 10.9 Å². The molecule has 92 heavy (non-hydrogen) atoms. The minimum absolute atomic E-state index is 0.0538. The number of aromatic nitrogens is 1. The van der Waals surface area contributed by atoms with Crippen molar-refractivity contribution in [1.29, 1.82) is 0 Å². The van der Waals surface area contributed by atoms with Gasteiger partial charge in [0.25, 0.3) is 0 Å². The van der Waals surface area contributed by atoms with E-state index in [4.69, 9.17) is 1.37 Å². The van der Waals surface area contributed by atoms with E-state index in [-0.39, 0.29) is 36.3 Å². The third-order valence-electron chi connectivity index (χ3n) is 18.7. The first-order valence-electron chi connectivity index (χ1n) is 33.7. The van der Waals surface area contributed by atoms with Crippen molar-refractivity contribution in [1.82, 2.24) is 4.57 Å². The molecule has 434 valence electrons. The maximum atomic E-state index is 9.93. The summed E-state index contributed by atoms with van der Waals surface area (Å²) in [5.41, 5.74) is 27.2. The molecular formula is C88H63BN2S. The lowest BCUT2D eigenvalue weighted by Gasteiger charge is -2.42. The van der Waals surface area contributed by atoms with Crippen LogP contribution in [0.15, 0.2) is 337 Å². The summed E-state index contributed by atoms with van der Waals surface area (Å²) in [7, 11) is 0. The van der Waals surface area contributed by atoms with Crippen LogP contribution in [0.3, 0.4) is 0 Å². The van der Waals surface area contributed by atoms with E-state index in [0.29, 0.717) is 10.9 Å². The van der Waals surface area contributed by atoms with E-state index in [9.17, 15) is 4.11 Å². The first-order valence-corrected chi connectivity index (χ1v) is 32.5. The number of rotatable bonds is 10. The van der Waals surface area contributed by atoms with Crippen molar-refractivity contribution in [2.24, 2.45) is 0 Å². The average Bonchev–Trinajstić information content (AvgIpc) is 0.937. The summed E-state index contributed by atoms with van der Waals surface area (Å²) in [5.74, 6) is 0. The minimum Gasteiger partial charge on any atom is -0.310 e. The molecule has 2 nitrogen and oxygen atoms in total. The normalized spacial score (nSPS) is 13.0. The van der Waals surface area contributed by atoms with Crippen LogP contribution in [0.2, 0.25) is 0 Å². The zero-order valence-electron chi connectivity index (χ0n) is 55.2. The molecule has 14 aromatic carbocycles. The topological polar surface area (TPSA) is 8.17 Å². The van der Waals surface area contributed by atoms with Gasteiger partial charge in [0.1, 0.15) is 0 Å². The van der Waals surface area contributed by atoms with Crippen LogP contribution in [0.5, 0.6) is 0 Å². The number of nitrogens with zero attached hydrogens (tertiary/aromatic N) is 2. The molecule has 2 aliphatic rings. The molecule has 1 aromatic heterocycles. The van der Waals surface area contributed by atoms with Crippen molar-refractivity contribution in [3.63, 3.8) is 0 Å². The van der Waals surface area contributed by atoms with Crippen LogP contribution in [0.25, 0.3) is 117 Å². The number of hydrogen-bond acceptors (Lipinski definition) is 2.